The molecule has 2 N–H and O–H groups in total. The molecule has 3 amide bonds. The normalized spacial score (nSPS) is 14.0. The fourth-order valence-corrected chi connectivity index (χ4v) is 2.79. The number of carbonyl (C=O) groups excluding carboxylic acids is 3. The van der Waals surface area contributed by atoms with Crippen LogP contribution < -0.4 is 15.5 Å². The summed E-state index contributed by atoms with van der Waals surface area (Å²) in [6.07, 6.45) is 1.48. The number of amides is 3. The highest BCUT2D eigenvalue weighted by molar-refractivity contribution is 5.96. The maximum Gasteiger partial charge on any atom is 0.238 e. The van der Waals surface area contributed by atoms with Gasteiger partial charge in [0, 0.05) is 30.9 Å². The van der Waals surface area contributed by atoms with Gasteiger partial charge in [0.1, 0.15) is 0 Å². The minimum absolute atomic E-state index is 0.0863. The van der Waals surface area contributed by atoms with Crippen molar-refractivity contribution in [2.75, 3.05) is 42.9 Å². The van der Waals surface area contributed by atoms with E-state index in [0.29, 0.717) is 25.2 Å². The van der Waals surface area contributed by atoms with Crippen LogP contribution in [0.3, 0.4) is 0 Å². The molecule has 0 bridgehead atoms. The molecule has 1 aromatic rings. The van der Waals surface area contributed by atoms with E-state index in [-0.39, 0.29) is 30.8 Å². The highest BCUT2D eigenvalue weighted by Gasteiger charge is 2.21. The van der Waals surface area contributed by atoms with Gasteiger partial charge in [-0.1, -0.05) is 6.92 Å². The van der Waals surface area contributed by atoms with Crippen molar-refractivity contribution >= 4 is 29.1 Å². The minimum Gasteiger partial charge on any atom is -0.355 e. The number of nitrogens with zero attached hydrogens (tertiary/aromatic N) is 2. The van der Waals surface area contributed by atoms with Gasteiger partial charge < -0.3 is 15.5 Å². The van der Waals surface area contributed by atoms with Crippen LogP contribution in [0.15, 0.2) is 24.3 Å². The molecule has 1 aliphatic rings. The maximum absolute atomic E-state index is 12.2. The number of hydrogen-bond acceptors (Lipinski definition) is 4. The van der Waals surface area contributed by atoms with Crippen LogP contribution in [-0.4, -0.2) is 55.3 Å². The van der Waals surface area contributed by atoms with Crippen molar-refractivity contribution in [1.82, 2.24) is 10.2 Å². The van der Waals surface area contributed by atoms with Crippen molar-refractivity contribution in [3.8, 4) is 0 Å². The van der Waals surface area contributed by atoms with Gasteiger partial charge in [-0.2, -0.15) is 0 Å². The molecule has 0 atom stereocenters. The van der Waals surface area contributed by atoms with Gasteiger partial charge in [0.05, 0.1) is 13.1 Å². The number of rotatable bonds is 8. The monoisotopic (exact) mass is 346 g/mol. The van der Waals surface area contributed by atoms with E-state index >= 15 is 0 Å². The second-order valence-corrected chi connectivity index (χ2v) is 6.00. The Balaban J connectivity index is 1.87. The van der Waals surface area contributed by atoms with Crippen molar-refractivity contribution in [2.45, 2.75) is 26.7 Å². The third kappa shape index (κ3) is 5.56. The summed E-state index contributed by atoms with van der Waals surface area (Å²) in [6, 6.07) is 7.26. The van der Waals surface area contributed by atoms with E-state index in [4.69, 9.17) is 0 Å². The van der Waals surface area contributed by atoms with Crippen molar-refractivity contribution in [1.29, 1.82) is 0 Å². The maximum atomic E-state index is 12.2. The Bertz CT molecular complexity index is 615. The molecule has 1 fully saturated rings. The summed E-state index contributed by atoms with van der Waals surface area (Å²) < 4.78 is 0. The fourth-order valence-electron chi connectivity index (χ4n) is 2.79. The van der Waals surface area contributed by atoms with Gasteiger partial charge >= 0.3 is 0 Å². The van der Waals surface area contributed by atoms with Gasteiger partial charge in [-0.3, -0.25) is 19.3 Å². The summed E-state index contributed by atoms with van der Waals surface area (Å²) in [5.41, 5.74) is 1.53. The lowest BCUT2D eigenvalue weighted by molar-refractivity contribution is -0.123. The van der Waals surface area contributed by atoms with E-state index in [1.165, 1.54) is 0 Å². The molecule has 0 spiro atoms. The molecule has 0 saturated carbocycles. The Morgan fingerprint density at radius 3 is 2.36 bits per heavy atom. The second kappa shape index (κ2) is 9.17. The molecule has 1 aromatic carbocycles. The van der Waals surface area contributed by atoms with Crippen molar-refractivity contribution in [3.63, 3.8) is 0 Å². The SMILES string of the molecule is CCNC(=O)CN(CC)CC(=O)Nc1ccc(N2CCCC2=O)cc1. The molecule has 7 nitrogen and oxygen atoms in total. The summed E-state index contributed by atoms with van der Waals surface area (Å²) in [6.45, 7) is 6.06. The quantitative estimate of drug-likeness (QED) is 0.741. The van der Waals surface area contributed by atoms with Crippen LogP contribution in [0.2, 0.25) is 0 Å². The number of hydrogen-bond donors (Lipinski definition) is 2. The zero-order valence-corrected chi connectivity index (χ0v) is 14.9. The van der Waals surface area contributed by atoms with Gasteiger partial charge in [-0.15, -0.1) is 0 Å². The highest BCUT2D eigenvalue weighted by atomic mass is 16.2. The average Bonchev–Trinajstić information content (AvgIpc) is 3.01. The van der Waals surface area contributed by atoms with Gasteiger partial charge in [-0.25, -0.2) is 0 Å². The molecular formula is C18H26N4O3. The Kier molecular flexibility index (Phi) is 6.94. The van der Waals surface area contributed by atoms with Crippen molar-refractivity contribution in [2.24, 2.45) is 0 Å². The van der Waals surface area contributed by atoms with Gasteiger partial charge in [0.25, 0.3) is 0 Å². The largest absolute Gasteiger partial charge is 0.355 e. The van der Waals surface area contributed by atoms with E-state index in [1.54, 1.807) is 21.9 Å². The average molecular weight is 346 g/mol. The predicted octanol–water partition coefficient (Wildman–Crippen LogP) is 1.21. The zero-order valence-electron chi connectivity index (χ0n) is 14.9. The van der Waals surface area contributed by atoms with Gasteiger partial charge in [0.2, 0.25) is 17.7 Å². The van der Waals surface area contributed by atoms with Gasteiger partial charge in [0.15, 0.2) is 0 Å². The van der Waals surface area contributed by atoms with E-state index < -0.39 is 0 Å². The van der Waals surface area contributed by atoms with E-state index in [2.05, 4.69) is 10.6 Å². The van der Waals surface area contributed by atoms with Crippen LogP contribution in [0.5, 0.6) is 0 Å². The Hall–Kier alpha value is -2.41. The Morgan fingerprint density at radius 2 is 1.80 bits per heavy atom. The smallest absolute Gasteiger partial charge is 0.238 e. The van der Waals surface area contributed by atoms with Crippen molar-refractivity contribution in [3.05, 3.63) is 24.3 Å². The molecule has 0 aromatic heterocycles. The number of likely N-dealkylation sites (N-methyl/N-ethyl adjacent to an activating group) is 2. The Morgan fingerprint density at radius 1 is 1.12 bits per heavy atom. The first-order valence-corrected chi connectivity index (χ1v) is 8.72. The molecule has 0 unspecified atom stereocenters. The zero-order chi connectivity index (χ0) is 18.2. The molecule has 7 heteroatoms. The topological polar surface area (TPSA) is 81.8 Å². The van der Waals surface area contributed by atoms with E-state index in [1.807, 2.05) is 26.0 Å². The lowest BCUT2D eigenvalue weighted by Crippen LogP contribution is -2.41. The molecule has 0 radical (unpaired) electrons. The van der Waals surface area contributed by atoms with E-state index in [0.717, 1.165) is 18.7 Å². The summed E-state index contributed by atoms with van der Waals surface area (Å²) in [5.74, 6) is -0.117. The standard InChI is InChI=1S/C18H26N4O3/c1-3-19-16(23)12-21(4-2)13-17(24)20-14-7-9-15(10-8-14)22-11-5-6-18(22)25/h7-10H,3-6,11-13H2,1-2H3,(H,19,23)(H,20,24). The second-order valence-electron chi connectivity index (χ2n) is 6.00. The third-order valence-electron chi connectivity index (χ3n) is 4.09. The van der Waals surface area contributed by atoms with Crippen molar-refractivity contribution < 1.29 is 14.4 Å². The molecule has 25 heavy (non-hydrogen) atoms. The van der Waals surface area contributed by atoms with Gasteiger partial charge in [-0.05, 0) is 44.2 Å². The van der Waals surface area contributed by atoms with Crippen LogP contribution in [0, 0.1) is 0 Å². The van der Waals surface area contributed by atoms with Crippen LogP contribution in [0.4, 0.5) is 11.4 Å². The van der Waals surface area contributed by atoms with Crippen LogP contribution in [0.1, 0.15) is 26.7 Å². The summed E-state index contributed by atoms with van der Waals surface area (Å²) in [4.78, 5) is 39.1. The molecule has 1 saturated heterocycles. The molecule has 0 aliphatic carbocycles. The van der Waals surface area contributed by atoms with Crippen LogP contribution in [0.25, 0.3) is 0 Å². The molecule has 1 heterocycles. The van der Waals surface area contributed by atoms with Crippen LogP contribution in [-0.2, 0) is 14.4 Å². The highest BCUT2D eigenvalue weighted by Crippen LogP contribution is 2.22. The molecular weight excluding hydrogens is 320 g/mol. The Labute approximate surface area is 148 Å². The first-order chi connectivity index (χ1) is 12.0. The fraction of sp³-hybridized carbons (Fsp3) is 0.500. The lowest BCUT2D eigenvalue weighted by Gasteiger charge is -2.19. The molecule has 2 rings (SSSR count). The first kappa shape index (κ1) is 18.9. The number of carbonyl (C=O) groups is 3. The number of benzene rings is 1. The minimum atomic E-state index is -0.170. The number of nitrogens with one attached hydrogen (secondary N) is 2. The molecule has 136 valence electrons. The first-order valence-electron chi connectivity index (χ1n) is 8.72. The van der Waals surface area contributed by atoms with Crippen LogP contribution >= 0.6 is 0 Å². The summed E-state index contributed by atoms with van der Waals surface area (Å²) >= 11 is 0. The summed E-state index contributed by atoms with van der Waals surface area (Å²) in [7, 11) is 0. The number of anilines is 2. The third-order valence-corrected chi connectivity index (χ3v) is 4.09. The molecule has 1 aliphatic heterocycles. The summed E-state index contributed by atoms with van der Waals surface area (Å²) in [5, 5.41) is 5.55. The van der Waals surface area contributed by atoms with E-state index in [9.17, 15) is 14.4 Å². The lowest BCUT2D eigenvalue weighted by atomic mass is 10.2. The predicted molar refractivity (Wildman–Crippen MR) is 97.5 cm³/mol.